The summed E-state index contributed by atoms with van der Waals surface area (Å²) in [6, 6.07) is 11.7. The number of hydrogen-bond donors (Lipinski definition) is 1. The second-order valence-electron chi connectivity index (χ2n) is 4.05. The largest absolute Gasteiger partial charge is 0.457 e. The van der Waals surface area contributed by atoms with E-state index < -0.39 is 0 Å². The first-order valence-electron chi connectivity index (χ1n) is 6.43. The highest BCUT2D eigenvalue weighted by Gasteiger charge is 2.02. The van der Waals surface area contributed by atoms with E-state index in [0.717, 1.165) is 29.4 Å². The molecule has 3 heteroatoms. The van der Waals surface area contributed by atoms with Gasteiger partial charge in [-0.05, 0) is 26.0 Å². The van der Waals surface area contributed by atoms with Crippen LogP contribution in [0.4, 0.5) is 5.82 Å². The number of nitrogens with one attached hydrogen (secondary N) is 1. The molecule has 0 bridgehead atoms. The summed E-state index contributed by atoms with van der Waals surface area (Å²) in [5.41, 5.74) is 1.06. The molecule has 0 radical (unpaired) electrons. The normalized spacial score (nSPS) is 10.6. The van der Waals surface area contributed by atoms with Crippen molar-refractivity contribution in [3.8, 4) is 11.5 Å². The molecule has 0 aliphatic carbocycles. The van der Waals surface area contributed by atoms with E-state index in [4.69, 9.17) is 4.74 Å². The molecule has 0 unspecified atom stereocenters. The zero-order valence-electron chi connectivity index (χ0n) is 11.3. The predicted molar refractivity (Wildman–Crippen MR) is 79.6 cm³/mol. The topological polar surface area (TPSA) is 34.1 Å². The highest BCUT2D eigenvalue weighted by atomic mass is 16.5. The van der Waals surface area contributed by atoms with Crippen LogP contribution in [0.2, 0.25) is 0 Å². The molecule has 0 spiro atoms. The number of pyridine rings is 1. The van der Waals surface area contributed by atoms with Crippen LogP contribution >= 0.6 is 0 Å². The van der Waals surface area contributed by atoms with Gasteiger partial charge in [0.15, 0.2) is 0 Å². The van der Waals surface area contributed by atoms with Gasteiger partial charge in [-0.3, -0.25) is 0 Å². The van der Waals surface area contributed by atoms with Crippen LogP contribution in [0.5, 0.6) is 11.5 Å². The number of hydrogen-bond acceptors (Lipinski definition) is 3. The van der Waals surface area contributed by atoms with Gasteiger partial charge in [-0.1, -0.05) is 30.4 Å². The molecule has 1 aromatic heterocycles. The Morgan fingerprint density at radius 1 is 1.26 bits per heavy atom. The Kier molecular flexibility index (Phi) is 4.56. The Labute approximate surface area is 114 Å². The minimum atomic E-state index is 0.780. The minimum absolute atomic E-state index is 0.780. The number of allylic oxidation sites excluding steroid dienone is 1. The first-order valence-corrected chi connectivity index (χ1v) is 6.43. The van der Waals surface area contributed by atoms with Crippen LogP contribution in [0.25, 0.3) is 6.08 Å². The van der Waals surface area contributed by atoms with Crippen molar-refractivity contribution in [3.05, 3.63) is 54.2 Å². The molecule has 0 aliphatic rings. The van der Waals surface area contributed by atoms with Crippen LogP contribution < -0.4 is 10.1 Å². The fourth-order valence-corrected chi connectivity index (χ4v) is 1.77. The van der Waals surface area contributed by atoms with E-state index in [1.165, 1.54) is 0 Å². The lowest BCUT2D eigenvalue weighted by Gasteiger charge is -2.10. The average molecular weight is 254 g/mol. The van der Waals surface area contributed by atoms with Crippen LogP contribution in [-0.4, -0.2) is 11.5 Å². The van der Waals surface area contributed by atoms with Gasteiger partial charge in [0.05, 0.1) is 0 Å². The van der Waals surface area contributed by atoms with E-state index in [9.17, 15) is 0 Å². The second kappa shape index (κ2) is 6.59. The van der Waals surface area contributed by atoms with Crippen LogP contribution in [0.1, 0.15) is 19.4 Å². The molecule has 0 saturated carbocycles. The van der Waals surface area contributed by atoms with E-state index in [0.29, 0.717) is 0 Å². The molecule has 0 aliphatic heterocycles. The maximum Gasteiger partial charge on any atom is 0.134 e. The molecule has 0 atom stereocenters. The Balaban J connectivity index is 2.23. The van der Waals surface area contributed by atoms with Crippen LogP contribution in [-0.2, 0) is 0 Å². The molecule has 1 N–H and O–H groups in total. The third kappa shape index (κ3) is 3.58. The molecule has 0 fully saturated rings. The Morgan fingerprint density at radius 3 is 2.89 bits per heavy atom. The lowest BCUT2D eigenvalue weighted by molar-refractivity contribution is 0.481. The van der Waals surface area contributed by atoms with Gasteiger partial charge in [-0.15, -0.1) is 0 Å². The molecular formula is C16H18N2O. The number of rotatable bonds is 5. The zero-order valence-corrected chi connectivity index (χ0v) is 11.3. The lowest BCUT2D eigenvalue weighted by Crippen LogP contribution is -1.98. The number of nitrogens with zero attached hydrogens (tertiary/aromatic N) is 1. The van der Waals surface area contributed by atoms with E-state index in [1.54, 1.807) is 6.20 Å². The maximum absolute atomic E-state index is 5.92. The molecule has 1 heterocycles. The molecule has 1 aromatic carbocycles. The van der Waals surface area contributed by atoms with Crippen molar-refractivity contribution in [2.75, 3.05) is 11.9 Å². The summed E-state index contributed by atoms with van der Waals surface area (Å²) in [4.78, 5) is 4.22. The fourth-order valence-electron chi connectivity index (χ4n) is 1.77. The van der Waals surface area contributed by atoms with Gasteiger partial charge in [0.1, 0.15) is 17.3 Å². The van der Waals surface area contributed by atoms with Crippen molar-refractivity contribution < 1.29 is 4.74 Å². The van der Waals surface area contributed by atoms with E-state index in [-0.39, 0.29) is 0 Å². The standard InChI is InChI=1S/C16H18N2O/c1-3-7-13-8-5-6-9-15(13)19-14-10-11-18-16(12-14)17-4-2/h3,5-12H,4H2,1-2H3,(H,17,18)/b7-3+. The fraction of sp³-hybridized carbons (Fsp3) is 0.188. The van der Waals surface area contributed by atoms with E-state index >= 15 is 0 Å². The van der Waals surface area contributed by atoms with Gasteiger partial charge in [0.25, 0.3) is 0 Å². The number of ether oxygens (including phenoxy) is 1. The Morgan fingerprint density at radius 2 is 2.11 bits per heavy atom. The van der Waals surface area contributed by atoms with Gasteiger partial charge in [0, 0.05) is 24.4 Å². The molecule has 2 aromatic rings. The van der Waals surface area contributed by atoms with Crippen molar-refractivity contribution in [1.82, 2.24) is 4.98 Å². The molecule has 0 amide bonds. The van der Waals surface area contributed by atoms with Gasteiger partial charge in [0.2, 0.25) is 0 Å². The maximum atomic E-state index is 5.92. The smallest absolute Gasteiger partial charge is 0.134 e. The lowest BCUT2D eigenvalue weighted by atomic mass is 10.2. The van der Waals surface area contributed by atoms with Crippen molar-refractivity contribution in [2.45, 2.75) is 13.8 Å². The number of anilines is 1. The van der Waals surface area contributed by atoms with Crippen LogP contribution in [0, 0.1) is 0 Å². The zero-order chi connectivity index (χ0) is 13.5. The Hall–Kier alpha value is -2.29. The van der Waals surface area contributed by atoms with E-state index in [1.807, 2.05) is 62.4 Å². The number of aromatic nitrogens is 1. The summed E-state index contributed by atoms with van der Waals surface area (Å²) in [6.45, 7) is 4.87. The monoisotopic (exact) mass is 254 g/mol. The molecular weight excluding hydrogens is 236 g/mol. The summed E-state index contributed by atoms with van der Waals surface area (Å²) >= 11 is 0. The van der Waals surface area contributed by atoms with Gasteiger partial charge >= 0.3 is 0 Å². The molecule has 3 nitrogen and oxygen atoms in total. The van der Waals surface area contributed by atoms with Crippen molar-refractivity contribution in [3.63, 3.8) is 0 Å². The molecule has 0 saturated heterocycles. The average Bonchev–Trinajstić information content (AvgIpc) is 2.42. The van der Waals surface area contributed by atoms with Gasteiger partial charge in [-0.25, -0.2) is 4.98 Å². The van der Waals surface area contributed by atoms with E-state index in [2.05, 4.69) is 10.3 Å². The minimum Gasteiger partial charge on any atom is -0.457 e. The quantitative estimate of drug-likeness (QED) is 0.861. The summed E-state index contributed by atoms with van der Waals surface area (Å²) in [6.07, 6.45) is 5.77. The first kappa shape index (κ1) is 13.1. The highest BCUT2D eigenvalue weighted by molar-refractivity contribution is 5.58. The first-order chi connectivity index (χ1) is 9.33. The van der Waals surface area contributed by atoms with Gasteiger partial charge < -0.3 is 10.1 Å². The SMILES string of the molecule is C/C=C/c1ccccc1Oc1ccnc(NCC)c1. The summed E-state index contributed by atoms with van der Waals surface area (Å²) in [5, 5.41) is 3.17. The van der Waals surface area contributed by atoms with Crippen LogP contribution in [0.3, 0.4) is 0 Å². The van der Waals surface area contributed by atoms with Crippen molar-refractivity contribution >= 4 is 11.9 Å². The number of para-hydroxylation sites is 1. The number of benzene rings is 1. The molecule has 2 rings (SSSR count). The van der Waals surface area contributed by atoms with Crippen molar-refractivity contribution in [2.24, 2.45) is 0 Å². The second-order valence-corrected chi connectivity index (χ2v) is 4.05. The molecule has 98 valence electrons. The Bertz CT molecular complexity index is 564. The summed E-state index contributed by atoms with van der Waals surface area (Å²) in [5.74, 6) is 2.45. The van der Waals surface area contributed by atoms with Crippen LogP contribution in [0.15, 0.2) is 48.7 Å². The van der Waals surface area contributed by atoms with Crippen molar-refractivity contribution in [1.29, 1.82) is 0 Å². The summed E-state index contributed by atoms with van der Waals surface area (Å²) in [7, 11) is 0. The highest BCUT2D eigenvalue weighted by Crippen LogP contribution is 2.27. The third-order valence-corrected chi connectivity index (χ3v) is 2.58. The van der Waals surface area contributed by atoms with Gasteiger partial charge in [-0.2, -0.15) is 0 Å². The predicted octanol–water partition coefficient (Wildman–Crippen LogP) is 4.34. The summed E-state index contributed by atoms with van der Waals surface area (Å²) < 4.78 is 5.92. The third-order valence-electron chi connectivity index (χ3n) is 2.58. The molecule has 19 heavy (non-hydrogen) atoms.